The quantitative estimate of drug-likeness (QED) is 0.123. The Morgan fingerprint density at radius 3 is 1.76 bits per heavy atom. The minimum Gasteiger partial charge on any atom is -0.458 e. The second kappa shape index (κ2) is 20.4. The molecule has 2 aliphatic carbocycles. The lowest BCUT2D eigenvalue weighted by Crippen LogP contribution is -2.59. The van der Waals surface area contributed by atoms with Crippen molar-refractivity contribution in [3.05, 3.63) is 120 Å². The van der Waals surface area contributed by atoms with Gasteiger partial charge in [0, 0.05) is 68.9 Å². The SMILES string of the molecule is C=C1C(OC(=O)c2ccccc2)C(OC(C)=O)C(OC(=O)c2cccnc2)C(C)(C)C=CC(C)C(=O)C2(OC(C)=O)CC(C)(OC(=O)c3cccnc3)C(OC(C)=O)C2C1OC(=O)C(C)C. The number of fused-ring (bicyclic) bond motifs is 1. The van der Waals surface area contributed by atoms with Gasteiger partial charge >= 0.3 is 41.8 Å². The number of Topliss-reactive ketones (excluding diaryl/α,β-unsaturated/α-hetero) is 1. The third-order valence-corrected chi connectivity index (χ3v) is 11.3. The summed E-state index contributed by atoms with van der Waals surface area (Å²) in [4.78, 5) is 120. The molecule has 3 aromatic rings. The maximum Gasteiger partial charge on any atom is 0.340 e. The molecule has 0 spiro atoms. The van der Waals surface area contributed by atoms with Gasteiger partial charge < -0.3 is 33.2 Å². The van der Waals surface area contributed by atoms with Crippen molar-refractivity contribution in [3.63, 3.8) is 0 Å². The number of benzene rings is 1. The van der Waals surface area contributed by atoms with Crippen LogP contribution in [0.2, 0.25) is 0 Å². The average Bonchev–Trinajstić information content (AvgIpc) is 3.49. The highest BCUT2D eigenvalue weighted by atomic mass is 16.6. The van der Waals surface area contributed by atoms with Crippen LogP contribution in [0.4, 0.5) is 0 Å². The summed E-state index contributed by atoms with van der Waals surface area (Å²) in [6, 6.07) is 13.5. The van der Waals surface area contributed by atoms with Crippen LogP contribution < -0.4 is 0 Å². The molecule has 66 heavy (non-hydrogen) atoms. The van der Waals surface area contributed by atoms with Crippen molar-refractivity contribution in [2.75, 3.05) is 0 Å². The number of pyridine rings is 2. The number of aromatic nitrogens is 2. The molecule has 2 aliphatic rings. The third-order valence-electron chi connectivity index (χ3n) is 11.3. The molecule has 350 valence electrons. The standard InChI is InChI=1S/C49H54N2O15/c1-27(2)43(56)62-37-29(4)38(63-44(57)33-16-12-11-13-17-33)39(60-30(5)52)42(64-45(58)34-18-14-22-50-24-34)47(8,9)21-20-28(3)40(55)49(65-32(7)54)26-48(10,41(36(37)49)61-31(6)53)66-46(59)35-19-15-23-51-25-35/h11-25,27-28,36-39,41-42H,4,26H2,1-3,5-10H3. The molecule has 2 aromatic heterocycles. The zero-order chi connectivity index (χ0) is 48.7. The molecular weight excluding hydrogens is 857 g/mol. The second-order valence-electron chi connectivity index (χ2n) is 17.4. The highest BCUT2D eigenvalue weighted by Crippen LogP contribution is 2.54. The summed E-state index contributed by atoms with van der Waals surface area (Å²) in [6.07, 6.45) is -1.59. The molecule has 0 aliphatic heterocycles. The number of rotatable bonds is 11. The van der Waals surface area contributed by atoms with E-state index < -0.39 is 124 Å². The van der Waals surface area contributed by atoms with Gasteiger partial charge in [0.15, 0.2) is 41.4 Å². The first-order valence-corrected chi connectivity index (χ1v) is 21.2. The van der Waals surface area contributed by atoms with Crippen molar-refractivity contribution in [2.45, 2.75) is 110 Å². The molecule has 0 amide bonds. The van der Waals surface area contributed by atoms with Crippen molar-refractivity contribution in [1.82, 2.24) is 9.97 Å². The van der Waals surface area contributed by atoms with Crippen LogP contribution in [0.5, 0.6) is 0 Å². The van der Waals surface area contributed by atoms with E-state index in [1.54, 1.807) is 32.0 Å². The smallest absolute Gasteiger partial charge is 0.340 e. The molecule has 17 nitrogen and oxygen atoms in total. The lowest BCUT2D eigenvalue weighted by Gasteiger charge is -2.44. The summed E-state index contributed by atoms with van der Waals surface area (Å²) >= 11 is 0. The number of hydrogen-bond donors (Lipinski definition) is 0. The Morgan fingerprint density at radius 2 is 1.23 bits per heavy atom. The van der Waals surface area contributed by atoms with Crippen molar-refractivity contribution >= 4 is 47.6 Å². The second-order valence-corrected chi connectivity index (χ2v) is 17.4. The monoisotopic (exact) mass is 910 g/mol. The van der Waals surface area contributed by atoms with E-state index in [0.717, 1.165) is 20.8 Å². The summed E-state index contributed by atoms with van der Waals surface area (Å²) in [7, 11) is 0. The van der Waals surface area contributed by atoms with Crippen LogP contribution in [-0.4, -0.2) is 99.3 Å². The summed E-state index contributed by atoms with van der Waals surface area (Å²) in [5, 5.41) is 0. The molecule has 0 N–H and O–H groups in total. The van der Waals surface area contributed by atoms with Gasteiger partial charge in [-0.2, -0.15) is 0 Å². The zero-order valence-electron chi connectivity index (χ0n) is 38.2. The fourth-order valence-electron chi connectivity index (χ4n) is 8.31. The topological polar surface area (TPSA) is 227 Å². The van der Waals surface area contributed by atoms with Crippen LogP contribution in [-0.2, 0) is 57.1 Å². The van der Waals surface area contributed by atoms with Gasteiger partial charge in [0.1, 0.15) is 6.10 Å². The normalized spacial score (nSPS) is 27.2. The number of esters is 7. The van der Waals surface area contributed by atoms with E-state index in [2.05, 4.69) is 16.5 Å². The Morgan fingerprint density at radius 1 is 0.667 bits per heavy atom. The van der Waals surface area contributed by atoms with Crippen molar-refractivity contribution < 1.29 is 71.5 Å². The van der Waals surface area contributed by atoms with Gasteiger partial charge in [-0.1, -0.05) is 71.5 Å². The minimum atomic E-state index is -2.50. The lowest BCUT2D eigenvalue weighted by atomic mass is 9.72. The molecular formula is C49H54N2O15. The number of ether oxygens (including phenoxy) is 7. The average molecular weight is 911 g/mol. The van der Waals surface area contributed by atoms with Gasteiger partial charge in [0.05, 0.1) is 28.5 Å². The molecule has 17 heteroatoms. The van der Waals surface area contributed by atoms with Crippen molar-refractivity contribution in [3.8, 4) is 0 Å². The van der Waals surface area contributed by atoms with Crippen LogP contribution >= 0.6 is 0 Å². The van der Waals surface area contributed by atoms with Gasteiger partial charge in [-0.15, -0.1) is 0 Å². The first-order valence-electron chi connectivity index (χ1n) is 21.2. The van der Waals surface area contributed by atoms with Crippen LogP contribution in [0.25, 0.3) is 0 Å². The van der Waals surface area contributed by atoms with E-state index in [-0.39, 0.29) is 16.7 Å². The van der Waals surface area contributed by atoms with Gasteiger partial charge in [-0.05, 0) is 43.3 Å². The number of ketones is 1. The predicted octanol–water partition coefficient (Wildman–Crippen LogP) is 5.95. The van der Waals surface area contributed by atoms with E-state index in [0.29, 0.717) is 0 Å². The fourth-order valence-corrected chi connectivity index (χ4v) is 8.31. The Bertz CT molecular complexity index is 2370. The Hall–Kier alpha value is -7.04. The van der Waals surface area contributed by atoms with E-state index >= 15 is 4.79 Å². The lowest BCUT2D eigenvalue weighted by molar-refractivity contribution is -0.190. The third kappa shape index (κ3) is 11.1. The first kappa shape index (κ1) is 50.0. The van der Waals surface area contributed by atoms with E-state index in [1.807, 2.05) is 0 Å². The predicted molar refractivity (Wildman–Crippen MR) is 232 cm³/mol. The number of allylic oxidation sites excluding steroid dienone is 1. The van der Waals surface area contributed by atoms with Gasteiger partial charge in [0.2, 0.25) is 0 Å². The van der Waals surface area contributed by atoms with Crippen molar-refractivity contribution in [1.29, 1.82) is 0 Å². The van der Waals surface area contributed by atoms with E-state index in [1.165, 1.54) is 101 Å². The highest BCUT2D eigenvalue weighted by molar-refractivity contribution is 5.95. The number of carbonyl (C=O) groups is 8. The van der Waals surface area contributed by atoms with Gasteiger partial charge in [-0.3, -0.25) is 33.9 Å². The number of nitrogens with zero attached hydrogens (tertiary/aromatic N) is 2. The molecule has 9 unspecified atom stereocenters. The summed E-state index contributed by atoms with van der Waals surface area (Å²) in [5.41, 5.74) is -6.46. The maximum atomic E-state index is 15.5. The van der Waals surface area contributed by atoms with Crippen LogP contribution in [0.15, 0.2) is 104 Å². The van der Waals surface area contributed by atoms with Gasteiger partial charge in [-0.25, -0.2) is 14.4 Å². The first-order chi connectivity index (χ1) is 31.0. The molecule has 0 bridgehead atoms. The van der Waals surface area contributed by atoms with E-state index in [4.69, 9.17) is 33.2 Å². The Labute approximate surface area is 382 Å². The fraction of sp³-hybridized carbons (Fsp3) is 0.429. The van der Waals surface area contributed by atoms with Crippen molar-refractivity contribution in [2.24, 2.45) is 23.2 Å². The molecule has 0 saturated heterocycles. The van der Waals surface area contributed by atoms with Crippen LogP contribution in [0, 0.1) is 23.2 Å². The molecule has 2 heterocycles. The minimum absolute atomic E-state index is 0.00332. The Kier molecular flexibility index (Phi) is 15.5. The maximum absolute atomic E-state index is 15.5. The Balaban J connectivity index is 1.90. The van der Waals surface area contributed by atoms with Crippen LogP contribution in [0.3, 0.4) is 0 Å². The molecule has 1 fully saturated rings. The molecule has 9 atom stereocenters. The molecule has 5 rings (SSSR count). The van der Waals surface area contributed by atoms with Gasteiger partial charge in [0.25, 0.3) is 0 Å². The largest absolute Gasteiger partial charge is 0.458 e. The molecule has 0 radical (unpaired) electrons. The van der Waals surface area contributed by atoms with Crippen LogP contribution in [0.1, 0.15) is 99.8 Å². The number of hydrogen-bond acceptors (Lipinski definition) is 17. The molecule has 1 aromatic carbocycles. The summed E-state index contributed by atoms with van der Waals surface area (Å²) in [6.45, 7) is 16.5. The summed E-state index contributed by atoms with van der Waals surface area (Å²) < 4.78 is 43.1. The number of carbonyl (C=O) groups excluding carboxylic acids is 8. The highest BCUT2D eigenvalue weighted by Gasteiger charge is 2.72. The zero-order valence-corrected chi connectivity index (χ0v) is 38.2. The van der Waals surface area contributed by atoms with E-state index in [9.17, 15) is 33.6 Å². The molecule has 1 saturated carbocycles. The summed E-state index contributed by atoms with van der Waals surface area (Å²) in [5.74, 6) is -11.5.